The molecule has 0 spiro atoms. The molecular weight excluding hydrogens is 222 g/mol. The minimum Gasteiger partial charge on any atom is -1.00 e. The zero-order valence-corrected chi connectivity index (χ0v) is 11.0. The topological polar surface area (TPSA) is 25.8 Å². The van der Waals surface area contributed by atoms with Crippen molar-refractivity contribution >= 4 is 0 Å². The third-order valence-electron chi connectivity index (χ3n) is 3.73. The Kier molecular flexibility index (Phi) is 4.22. The maximum Gasteiger partial charge on any atom is 0.122 e. The van der Waals surface area contributed by atoms with E-state index in [4.69, 9.17) is 4.74 Å². The van der Waals surface area contributed by atoms with E-state index < -0.39 is 0 Å². The summed E-state index contributed by atoms with van der Waals surface area (Å²) in [5.74, 6) is 1.06. The summed E-state index contributed by atoms with van der Waals surface area (Å²) in [6.45, 7) is 2.32. The van der Waals surface area contributed by atoms with Gasteiger partial charge in [0.15, 0.2) is 0 Å². The Balaban J connectivity index is 0.00000128. The molecule has 0 bridgehead atoms. The van der Waals surface area contributed by atoms with Crippen LogP contribution in [0.15, 0.2) is 18.2 Å². The number of benzene rings is 1. The SMILES string of the molecule is C[NH2+]C1(C)CCCc2c(OC)cccc21.[Cl-]. The molecule has 2 N–H and O–H groups in total. The average Bonchev–Trinajstić information content (AvgIpc) is 2.29. The minimum atomic E-state index is 0. The van der Waals surface area contributed by atoms with Crippen LogP contribution in [0.25, 0.3) is 0 Å². The van der Waals surface area contributed by atoms with Crippen molar-refractivity contribution in [1.29, 1.82) is 0 Å². The lowest BCUT2D eigenvalue weighted by molar-refractivity contribution is -0.711. The second-order valence-electron chi connectivity index (χ2n) is 4.55. The third-order valence-corrected chi connectivity index (χ3v) is 3.73. The van der Waals surface area contributed by atoms with Crippen LogP contribution in [0, 0.1) is 0 Å². The molecule has 0 amide bonds. The standard InChI is InChI=1S/C13H19NO.ClH/c1-13(14-2)9-5-6-10-11(13)7-4-8-12(10)15-3;/h4,7-8,14H,5-6,9H2,1-3H3;1H. The van der Waals surface area contributed by atoms with Gasteiger partial charge in [0.1, 0.15) is 11.3 Å². The van der Waals surface area contributed by atoms with E-state index in [9.17, 15) is 0 Å². The summed E-state index contributed by atoms with van der Waals surface area (Å²) in [5, 5.41) is 2.32. The van der Waals surface area contributed by atoms with Crippen molar-refractivity contribution in [3.05, 3.63) is 29.3 Å². The number of methoxy groups -OCH3 is 1. The number of hydrogen-bond donors (Lipinski definition) is 1. The van der Waals surface area contributed by atoms with Crippen molar-refractivity contribution in [3.63, 3.8) is 0 Å². The second-order valence-corrected chi connectivity index (χ2v) is 4.55. The highest BCUT2D eigenvalue weighted by Crippen LogP contribution is 2.36. The second kappa shape index (κ2) is 5.07. The molecule has 16 heavy (non-hydrogen) atoms. The van der Waals surface area contributed by atoms with Gasteiger partial charge in [0, 0.05) is 17.5 Å². The quantitative estimate of drug-likeness (QED) is 0.666. The minimum absolute atomic E-state index is 0. The zero-order valence-electron chi connectivity index (χ0n) is 10.2. The van der Waals surface area contributed by atoms with E-state index >= 15 is 0 Å². The number of ether oxygens (including phenoxy) is 1. The fraction of sp³-hybridized carbons (Fsp3) is 0.538. The lowest BCUT2D eigenvalue weighted by atomic mass is 9.77. The van der Waals surface area contributed by atoms with E-state index in [1.54, 1.807) is 7.11 Å². The summed E-state index contributed by atoms with van der Waals surface area (Å²) >= 11 is 0. The lowest BCUT2D eigenvalue weighted by Crippen LogP contribution is -3.00. The van der Waals surface area contributed by atoms with Crippen molar-refractivity contribution in [2.75, 3.05) is 14.2 Å². The lowest BCUT2D eigenvalue weighted by Gasteiger charge is -2.33. The summed E-state index contributed by atoms with van der Waals surface area (Å²) in [5.41, 5.74) is 3.10. The predicted molar refractivity (Wildman–Crippen MR) is 61.1 cm³/mol. The molecule has 1 aliphatic carbocycles. The van der Waals surface area contributed by atoms with Gasteiger partial charge in [-0.3, -0.25) is 0 Å². The molecule has 90 valence electrons. The van der Waals surface area contributed by atoms with Gasteiger partial charge in [-0.15, -0.1) is 0 Å². The number of hydrogen-bond acceptors (Lipinski definition) is 1. The van der Waals surface area contributed by atoms with Crippen LogP contribution in [-0.4, -0.2) is 14.2 Å². The molecule has 1 aromatic rings. The molecule has 0 saturated carbocycles. The van der Waals surface area contributed by atoms with Crippen LogP contribution in [-0.2, 0) is 12.0 Å². The van der Waals surface area contributed by atoms with Crippen molar-refractivity contribution in [1.82, 2.24) is 0 Å². The summed E-state index contributed by atoms with van der Waals surface area (Å²) in [7, 11) is 3.92. The number of nitrogens with two attached hydrogens (primary N) is 1. The molecule has 2 rings (SSSR count). The van der Waals surface area contributed by atoms with Gasteiger partial charge >= 0.3 is 0 Å². The molecule has 0 aliphatic heterocycles. The van der Waals surface area contributed by atoms with Gasteiger partial charge in [-0.25, -0.2) is 0 Å². The average molecular weight is 242 g/mol. The molecule has 0 aromatic heterocycles. The highest BCUT2D eigenvalue weighted by atomic mass is 35.5. The van der Waals surface area contributed by atoms with Crippen LogP contribution in [0.4, 0.5) is 0 Å². The molecule has 1 unspecified atom stereocenters. The molecule has 1 aliphatic rings. The maximum absolute atomic E-state index is 5.44. The first-order valence-electron chi connectivity index (χ1n) is 5.68. The maximum atomic E-state index is 5.44. The Hall–Kier alpha value is -0.730. The Morgan fingerprint density at radius 2 is 2.12 bits per heavy atom. The fourth-order valence-corrected chi connectivity index (χ4v) is 2.62. The van der Waals surface area contributed by atoms with Gasteiger partial charge in [-0.2, -0.15) is 0 Å². The molecule has 0 radical (unpaired) electrons. The van der Waals surface area contributed by atoms with Crippen LogP contribution >= 0.6 is 0 Å². The van der Waals surface area contributed by atoms with E-state index in [0.29, 0.717) is 0 Å². The summed E-state index contributed by atoms with van der Waals surface area (Å²) in [6.07, 6.45) is 3.67. The Bertz CT molecular complexity index is 367. The van der Waals surface area contributed by atoms with Crippen LogP contribution in [0.3, 0.4) is 0 Å². The number of fused-ring (bicyclic) bond motifs is 1. The molecule has 0 heterocycles. The van der Waals surface area contributed by atoms with Gasteiger partial charge < -0.3 is 22.5 Å². The number of quaternary nitrogens is 1. The Labute approximate surface area is 104 Å². The van der Waals surface area contributed by atoms with Crippen LogP contribution in [0.2, 0.25) is 0 Å². The normalized spacial score (nSPS) is 23.2. The molecule has 1 atom stereocenters. The van der Waals surface area contributed by atoms with E-state index in [1.165, 1.54) is 24.0 Å². The van der Waals surface area contributed by atoms with Gasteiger partial charge in [0.25, 0.3) is 0 Å². The third kappa shape index (κ3) is 2.04. The first-order valence-corrected chi connectivity index (χ1v) is 5.68. The highest BCUT2D eigenvalue weighted by Gasteiger charge is 2.35. The van der Waals surface area contributed by atoms with Crippen molar-refractivity contribution < 1.29 is 22.5 Å². The fourth-order valence-electron chi connectivity index (χ4n) is 2.62. The highest BCUT2D eigenvalue weighted by molar-refractivity contribution is 5.44. The Morgan fingerprint density at radius 3 is 2.75 bits per heavy atom. The van der Waals surface area contributed by atoms with Gasteiger partial charge in [-0.1, -0.05) is 12.1 Å². The van der Waals surface area contributed by atoms with Crippen molar-refractivity contribution in [2.24, 2.45) is 0 Å². The van der Waals surface area contributed by atoms with Crippen LogP contribution in [0.5, 0.6) is 5.75 Å². The number of halogens is 1. The summed E-state index contributed by atoms with van der Waals surface area (Å²) in [6, 6.07) is 6.42. The predicted octanol–water partition coefficient (Wildman–Crippen LogP) is -1.56. The van der Waals surface area contributed by atoms with E-state index in [-0.39, 0.29) is 17.9 Å². The van der Waals surface area contributed by atoms with E-state index in [2.05, 4.69) is 37.5 Å². The van der Waals surface area contributed by atoms with Crippen molar-refractivity contribution in [3.8, 4) is 5.75 Å². The smallest absolute Gasteiger partial charge is 0.122 e. The van der Waals surface area contributed by atoms with Crippen LogP contribution < -0.4 is 22.5 Å². The molecule has 1 aromatic carbocycles. The first kappa shape index (κ1) is 13.3. The molecule has 0 saturated heterocycles. The van der Waals surface area contributed by atoms with E-state index in [1.807, 2.05) is 0 Å². The molecule has 2 nitrogen and oxygen atoms in total. The summed E-state index contributed by atoms with van der Waals surface area (Å²) in [4.78, 5) is 0. The van der Waals surface area contributed by atoms with Crippen molar-refractivity contribution in [2.45, 2.75) is 31.7 Å². The van der Waals surface area contributed by atoms with E-state index in [0.717, 1.165) is 12.2 Å². The zero-order chi connectivity index (χ0) is 10.9. The Morgan fingerprint density at radius 1 is 1.38 bits per heavy atom. The largest absolute Gasteiger partial charge is 1.00 e. The monoisotopic (exact) mass is 241 g/mol. The summed E-state index contributed by atoms with van der Waals surface area (Å²) < 4.78 is 5.44. The molecule has 3 heteroatoms. The van der Waals surface area contributed by atoms with Gasteiger partial charge in [0.05, 0.1) is 14.2 Å². The van der Waals surface area contributed by atoms with Gasteiger partial charge in [-0.05, 0) is 25.8 Å². The first-order chi connectivity index (χ1) is 7.21. The number of rotatable bonds is 2. The van der Waals surface area contributed by atoms with Gasteiger partial charge in [0.2, 0.25) is 0 Å². The van der Waals surface area contributed by atoms with Crippen LogP contribution in [0.1, 0.15) is 30.9 Å². The molecular formula is C13H20ClNO. The molecule has 0 fully saturated rings.